The molecule has 15 nitrogen and oxygen atoms in total. The predicted octanol–water partition coefficient (Wildman–Crippen LogP) is 4.14. The number of nitrogens with one attached hydrogen (secondary N) is 3. The number of piperidine rings is 1. The van der Waals surface area contributed by atoms with E-state index in [0.29, 0.717) is 78.5 Å². The van der Waals surface area contributed by atoms with Gasteiger partial charge in [-0.1, -0.05) is 29.8 Å². The zero-order valence-electron chi connectivity index (χ0n) is 28.5. The lowest BCUT2D eigenvalue weighted by Gasteiger charge is -2.27. The molecular formula is C37H36ClN9O6. The number of carbonyl (C=O) groups is 4. The molecule has 0 spiro atoms. The third-order valence-electron chi connectivity index (χ3n) is 8.93. The van der Waals surface area contributed by atoms with Gasteiger partial charge in [-0.2, -0.15) is 5.10 Å². The molecule has 0 bridgehead atoms. The molecule has 2 aliphatic rings. The Kier molecular flexibility index (Phi) is 10.5. The minimum absolute atomic E-state index is 0.0626. The van der Waals surface area contributed by atoms with Crippen molar-refractivity contribution < 1.29 is 28.7 Å². The van der Waals surface area contributed by atoms with Crippen LogP contribution < -0.4 is 26.4 Å². The van der Waals surface area contributed by atoms with E-state index < -0.39 is 29.7 Å². The van der Waals surface area contributed by atoms with Gasteiger partial charge in [0.15, 0.2) is 5.65 Å². The van der Waals surface area contributed by atoms with Gasteiger partial charge in [0, 0.05) is 48.0 Å². The number of fused-ring (bicyclic) bond motifs is 2. The van der Waals surface area contributed by atoms with Crippen molar-refractivity contribution in [3.05, 3.63) is 89.2 Å². The maximum atomic E-state index is 13.2. The zero-order chi connectivity index (χ0) is 36.9. The first kappa shape index (κ1) is 35.3. The van der Waals surface area contributed by atoms with Crippen molar-refractivity contribution in [2.24, 2.45) is 0 Å². The molecule has 0 radical (unpaired) electrons. The molecule has 2 aromatic heterocycles. The third-order valence-corrected chi connectivity index (χ3v) is 9.18. The number of carbonyl (C=O) groups excluding carboxylic acids is 4. The fourth-order valence-corrected chi connectivity index (χ4v) is 6.49. The van der Waals surface area contributed by atoms with E-state index in [2.05, 4.69) is 25.9 Å². The van der Waals surface area contributed by atoms with Crippen LogP contribution in [0, 0.1) is 0 Å². The van der Waals surface area contributed by atoms with Crippen molar-refractivity contribution >= 4 is 63.5 Å². The average molecular weight is 738 g/mol. The number of aryl methyl sites for hydroxylation is 1. The monoisotopic (exact) mass is 737 g/mol. The second-order valence-corrected chi connectivity index (χ2v) is 12.8. The maximum Gasteiger partial charge on any atom is 0.264 e. The smallest absolute Gasteiger partial charge is 0.264 e. The summed E-state index contributed by atoms with van der Waals surface area (Å²) in [5, 5.41) is 14.9. The quantitative estimate of drug-likeness (QED) is 0.0887. The lowest BCUT2D eigenvalue weighted by molar-refractivity contribution is -0.136. The van der Waals surface area contributed by atoms with E-state index >= 15 is 0 Å². The van der Waals surface area contributed by atoms with Gasteiger partial charge in [-0.05, 0) is 61.4 Å². The second-order valence-electron chi connectivity index (χ2n) is 12.4. The fourth-order valence-electron chi connectivity index (χ4n) is 6.37. The summed E-state index contributed by atoms with van der Waals surface area (Å²) < 4.78 is 13.4. The molecule has 4 heterocycles. The summed E-state index contributed by atoms with van der Waals surface area (Å²) in [6, 6.07) is 19.0. The van der Waals surface area contributed by atoms with Gasteiger partial charge >= 0.3 is 0 Å². The lowest BCUT2D eigenvalue weighted by atomic mass is 10.0. The molecule has 1 saturated heterocycles. The normalized spacial score (nSPS) is 15.5. The molecule has 5 N–H and O–H groups in total. The number of ether oxygens (including phenoxy) is 2. The Morgan fingerprint density at radius 1 is 0.906 bits per heavy atom. The molecular weight excluding hydrogens is 702 g/mol. The first-order valence-corrected chi connectivity index (χ1v) is 17.5. The summed E-state index contributed by atoms with van der Waals surface area (Å²) in [6.07, 6.45) is 2.39. The van der Waals surface area contributed by atoms with Gasteiger partial charge in [0.1, 0.15) is 36.2 Å². The Bertz CT molecular complexity index is 2170. The first-order chi connectivity index (χ1) is 25.8. The van der Waals surface area contributed by atoms with E-state index in [-0.39, 0.29) is 24.0 Å². The molecule has 7 rings (SSSR count). The topological polar surface area (TPSA) is 196 Å². The summed E-state index contributed by atoms with van der Waals surface area (Å²) in [6.45, 7) is 2.71. The molecule has 16 heteroatoms. The van der Waals surface area contributed by atoms with Crippen LogP contribution in [0.15, 0.2) is 73.1 Å². The van der Waals surface area contributed by atoms with Crippen molar-refractivity contribution in [1.82, 2.24) is 30.0 Å². The molecule has 272 valence electrons. The minimum Gasteiger partial charge on any atom is -0.491 e. The van der Waals surface area contributed by atoms with Gasteiger partial charge in [-0.3, -0.25) is 29.4 Å². The number of halogens is 1. The highest BCUT2D eigenvalue weighted by Gasteiger charge is 2.45. The number of imide groups is 2. The summed E-state index contributed by atoms with van der Waals surface area (Å²) in [5.74, 6) is -1.09. The number of nitrogen functional groups attached to an aromatic ring is 1. The molecule has 5 aromatic rings. The molecule has 1 unspecified atom stereocenters. The van der Waals surface area contributed by atoms with Crippen LogP contribution in [-0.2, 0) is 20.9 Å². The molecule has 1 fully saturated rings. The largest absolute Gasteiger partial charge is 0.491 e. The van der Waals surface area contributed by atoms with Gasteiger partial charge in [0.05, 0.1) is 29.7 Å². The van der Waals surface area contributed by atoms with Crippen molar-refractivity contribution in [3.8, 4) is 17.0 Å². The van der Waals surface area contributed by atoms with Crippen LogP contribution >= 0.6 is 11.6 Å². The van der Waals surface area contributed by atoms with Crippen LogP contribution in [0.4, 0.5) is 17.2 Å². The Balaban J connectivity index is 0.821. The van der Waals surface area contributed by atoms with E-state index in [1.54, 1.807) is 18.2 Å². The number of anilines is 3. The van der Waals surface area contributed by atoms with Gasteiger partial charge in [-0.25, -0.2) is 14.6 Å². The van der Waals surface area contributed by atoms with Crippen molar-refractivity contribution in [2.45, 2.75) is 31.8 Å². The Morgan fingerprint density at radius 3 is 2.51 bits per heavy atom. The summed E-state index contributed by atoms with van der Waals surface area (Å²) in [7, 11) is 0. The number of benzene rings is 3. The number of hydrogen-bond donors (Lipinski definition) is 4. The molecule has 53 heavy (non-hydrogen) atoms. The highest BCUT2D eigenvalue weighted by atomic mass is 35.5. The Hall–Kier alpha value is -6.06. The summed E-state index contributed by atoms with van der Waals surface area (Å²) >= 11 is 6.08. The van der Waals surface area contributed by atoms with Crippen LogP contribution in [-0.4, -0.2) is 87.2 Å². The lowest BCUT2D eigenvalue weighted by Crippen LogP contribution is -2.54. The predicted molar refractivity (Wildman–Crippen MR) is 198 cm³/mol. The Morgan fingerprint density at radius 2 is 1.72 bits per heavy atom. The number of nitrogens with zero attached hydrogens (tertiary/aromatic N) is 5. The van der Waals surface area contributed by atoms with Crippen molar-refractivity contribution in [1.29, 1.82) is 0 Å². The zero-order valence-corrected chi connectivity index (χ0v) is 29.3. The average Bonchev–Trinajstić information content (AvgIpc) is 3.65. The van der Waals surface area contributed by atoms with Gasteiger partial charge in [0.2, 0.25) is 11.8 Å². The van der Waals surface area contributed by atoms with Crippen molar-refractivity contribution in [2.75, 3.05) is 49.3 Å². The SMILES string of the molecule is Nc1ncnc2c1c(-c1ccc(Cl)cc1)nn2CCCNc1ccc(OCCOCCNc2cccc3c2C(=O)N(C2CCC(=O)NC2=O)C3=O)cc1. The highest BCUT2D eigenvalue weighted by Crippen LogP contribution is 2.33. The van der Waals surface area contributed by atoms with E-state index in [4.69, 9.17) is 31.9 Å². The van der Waals surface area contributed by atoms with Crippen LogP contribution in [0.2, 0.25) is 5.02 Å². The molecule has 1 atom stereocenters. The van der Waals surface area contributed by atoms with Gasteiger partial charge < -0.3 is 25.8 Å². The van der Waals surface area contributed by atoms with Crippen LogP contribution in [0.5, 0.6) is 5.75 Å². The number of amides is 4. The van der Waals surface area contributed by atoms with Gasteiger partial charge in [-0.15, -0.1) is 0 Å². The number of nitrogens with two attached hydrogens (primary N) is 1. The van der Waals surface area contributed by atoms with E-state index in [9.17, 15) is 19.2 Å². The molecule has 0 saturated carbocycles. The third kappa shape index (κ3) is 7.61. The molecule has 0 aliphatic carbocycles. The first-order valence-electron chi connectivity index (χ1n) is 17.1. The molecule has 3 aromatic carbocycles. The number of hydrogen-bond acceptors (Lipinski definition) is 12. The maximum absolute atomic E-state index is 13.2. The van der Waals surface area contributed by atoms with Crippen molar-refractivity contribution in [3.63, 3.8) is 0 Å². The summed E-state index contributed by atoms with van der Waals surface area (Å²) in [4.78, 5) is 59.7. The summed E-state index contributed by atoms with van der Waals surface area (Å²) in [5.41, 5.74) is 10.3. The molecule has 2 aliphatic heterocycles. The highest BCUT2D eigenvalue weighted by molar-refractivity contribution is 6.30. The van der Waals surface area contributed by atoms with Gasteiger partial charge in [0.25, 0.3) is 11.8 Å². The van der Waals surface area contributed by atoms with E-state index in [0.717, 1.165) is 22.6 Å². The Labute approximate surface area is 308 Å². The number of rotatable bonds is 15. The number of aromatic nitrogens is 4. The van der Waals surface area contributed by atoms with Crippen LogP contribution in [0.25, 0.3) is 22.3 Å². The van der Waals surface area contributed by atoms with Crippen LogP contribution in [0.1, 0.15) is 40.0 Å². The molecule has 4 amide bonds. The second kappa shape index (κ2) is 15.7. The van der Waals surface area contributed by atoms with E-state index in [1.807, 2.05) is 53.2 Å². The standard InChI is InChI=1S/C37H36ClN9O6/c38-23-7-5-22(6-8-23)32-31-33(39)42-21-43-34(31)46(45-32)17-2-15-40-24-9-11-25(12-10-24)53-20-19-52-18-16-41-27-4-1-3-26-30(27)37(51)47(36(26)50)28-13-14-29(48)44-35(28)49/h1,3-12,21,28,40-41H,2,13-20H2,(H2,39,42,43)(H,44,48,49). The minimum atomic E-state index is -1.02. The fraction of sp³-hybridized carbons (Fsp3) is 0.270. The van der Waals surface area contributed by atoms with Crippen LogP contribution in [0.3, 0.4) is 0 Å². The van der Waals surface area contributed by atoms with E-state index in [1.165, 1.54) is 6.33 Å².